The summed E-state index contributed by atoms with van der Waals surface area (Å²) < 4.78 is 9.86. The number of aromatic nitrogens is 5. The van der Waals surface area contributed by atoms with Gasteiger partial charge in [0.05, 0.1) is 11.4 Å². The molecule has 7 nitrogen and oxygen atoms in total. The van der Waals surface area contributed by atoms with Gasteiger partial charge in [0.15, 0.2) is 5.76 Å². The van der Waals surface area contributed by atoms with Crippen molar-refractivity contribution in [2.75, 3.05) is 13.1 Å². The van der Waals surface area contributed by atoms with E-state index in [-0.39, 0.29) is 0 Å². The summed E-state index contributed by atoms with van der Waals surface area (Å²) in [7, 11) is 0. The Morgan fingerprint density at radius 3 is 2.63 bits per heavy atom. The number of likely N-dealkylation sites (tertiary alicyclic amines) is 1. The molecule has 4 rings (SSSR count). The minimum atomic E-state index is 0.416. The highest BCUT2D eigenvalue weighted by atomic mass is 32.1. The molecule has 0 radical (unpaired) electrons. The van der Waals surface area contributed by atoms with E-state index in [0.29, 0.717) is 5.92 Å². The topological polar surface area (TPSA) is 80.8 Å². The molecular formula is C19H24N6OS. The number of aryl methyl sites for hydroxylation is 2. The first-order valence-electron chi connectivity index (χ1n) is 9.43. The Morgan fingerprint density at radius 2 is 1.93 bits per heavy atom. The summed E-state index contributed by atoms with van der Waals surface area (Å²) in [6.45, 7) is 9.00. The number of piperidine rings is 1. The SMILES string of the molecule is CCc1c(C)noc1-c1snnc1C1CCN(Cc2cnc(C)nc2)CC1. The van der Waals surface area contributed by atoms with Crippen LogP contribution in [0.1, 0.15) is 54.0 Å². The van der Waals surface area contributed by atoms with Gasteiger partial charge in [0.2, 0.25) is 0 Å². The van der Waals surface area contributed by atoms with Crippen LogP contribution >= 0.6 is 11.5 Å². The van der Waals surface area contributed by atoms with E-state index in [1.54, 1.807) is 0 Å². The van der Waals surface area contributed by atoms with Crippen LogP contribution in [0.5, 0.6) is 0 Å². The second-order valence-corrected chi connectivity index (χ2v) is 7.86. The first kappa shape index (κ1) is 18.2. The summed E-state index contributed by atoms with van der Waals surface area (Å²) in [5, 5.41) is 8.61. The third kappa shape index (κ3) is 3.77. The van der Waals surface area contributed by atoms with Crippen LogP contribution in [-0.2, 0) is 13.0 Å². The average molecular weight is 385 g/mol. The quantitative estimate of drug-likeness (QED) is 0.665. The molecule has 0 N–H and O–H groups in total. The molecule has 3 aromatic heterocycles. The van der Waals surface area contributed by atoms with E-state index in [1.807, 2.05) is 26.2 Å². The van der Waals surface area contributed by atoms with E-state index < -0.39 is 0 Å². The summed E-state index contributed by atoms with van der Waals surface area (Å²) >= 11 is 1.42. The van der Waals surface area contributed by atoms with Crippen LogP contribution in [0.3, 0.4) is 0 Å². The summed E-state index contributed by atoms with van der Waals surface area (Å²) in [5.74, 6) is 2.09. The third-order valence-electron chi connectivity index (χ3n) is 5.27. The predicted molar refractivity (Wildman–Crippen MR) is 104 cm³/mol. The molecule has 0 amide bonds. The zero-order valence-corrected chi connectivity index (χ0v) is 16.8. The lowest BCUT2D eigenvalue weighted by Crippen LogP contribution is -2.32. The molecule has 1 fully saturated rings. The van der Waals surface area contributed by atoms with Gasteiger partial charge >= 0.3 is 0 Å². The molecule has 142 valence electrons. The van der Waals surface area contributed by atoms with Gasteiger partial charge in [-0.2, -0.15) is 0 Å². The summed E-state index contributed by atoms with van der Waals surface area (Å²) in [6.07, 6.45) is 6.89. The lowest BCUT2D eigenvalue weighted by atomic mass is 9.91. The Morgan fingerprint density at radius 1 is 1.19 bits per heavy atom. The van der Waals surface area contributed by atoms with Gasteiger partial charge in [-0.3, -0.25) is 4.90 Å². The van der Waals surface area contributed by atoms with Crippen molar-refractivity contribution in [3.05, 3.63) is 40.7 Å². The first-order valence-corrected chi connectivity index (χ1v) is 10.2. The van der Waals surface area contributed by atoms with Gasteiger partial charge in [0.1, 0.15) is 10.7 Å². The molecule has 0 aromatic carbocycles. The van der Waals surface area contributed by atoms with Gasteiger partial charge in [-0.05, 0) is 57.7 Å². The molecule has 3 aromatic rings. The van der Waals surface area contributed by atoms with E-state index in [9.17, 15) is 0 Å². The number of hydrogen-bond donors (Lipinski definition) is 0. The Kier molecular flexibility index (Phi) is 5.27. The van der Waals surface area contributed by atoms with E-state index in [1.165, 1.54) is 22.7 Å². The molecule has 27 heavy (non-hydrogen) atoms. The molecule has 8 heteroatoms. The maximum absolute atomic E-state index is 5.63. The standard InChI is InChI=1S/C19H24N6OS/c1-4-16-12(2)23-26-18(16)19-17(22-24-27-19)15-5-7-25(8-6-15)11-14-9-20-13(3)21-10-14/h9-10,15H,4-8,11H2,1-3H3. The van der Waals surface area contributed by atoms with E-state index >= 15 is 0 Å². The maximum Gasteiger partial charge on any atom is 0.183 e. The average Bonchev–Trinajstić information content (AvgIpc) is 3.30. The molecule has 1 aliphatic rings. The van der Waals surface area contributed by atoms with Crippen LogP contribution in [0.15, 0.2) is 16.9 Å². The van der Waals surface area contributed by atoms with Crippen LogP contribution in [0.25, 0.3) is 10.6 Å². The zero-order valence-electron chi connectivity index (χ0n) is 16.0. The molecule has 0 atom stereocenters. The van der Waals surface area contributed by atoms with Crippen molar-refractivity contribution >= 4 is 11.5 Å². The highest BCUT2D eigenvalue weighted by Gasteiger charge is 2.28. The van der Waals surface area contributed by atoms with Crippen molar-refractivity contribution in [1.82, 2.24) is 29.6 Å². The van der Waals surface area contributed by atoms with Crippen molar-refractivity contribution in [3.63, 3.8) is 0 Å². The van der Waals surface area contributed by atoms with Crippen LogP contribution in [-0.4, -0.2) is 42.7 Å². The molecular weight excluding hydrogens is 360 g/mol. The highest BCUT2D eigenvalue weighted by Crippen LogP contribution is 2.38. The lowest BCUT2D eigenvalue weighted by Gasteiger charge is -2.31. The third-order valence-corrected chi connectivity index (χ3v) is 6.01. The summed E-state index contributed by atoms with van der Waals surface area (Å²) in [6, 6.07) is 0. The molecule has 0 aliphatic carbocycles. The largest absolute Gasteiger partial charge is 0.355 e. The van der Waals surface area contributed by atoms with Crippen molar-refractivity contribution in [2.45, 2.75) is 52.5 Å². The predicted octanol–water partition coefficient (Wildman–Crippen LogP) is 3.54. The lowest BCUT2D eigenvalue weighted by molar-refractivity contribution is 0.203. The molecule has 0 unspecified atom stereocenters. The first-order chi connectivity index (χ1) is 13.2. The fraction of sp³-hybridized carbons (Fsp3) is 0.526. The van der Waals surface area contributed by atoms with Gasteiger partial charge in [0.25, 0.3) is 0 Å². The molecule has 0 saturated carbocycles. The number of nitrogens with zero attached hydrogens (tertiary/aromatic N) is 6. The van der Waals surface area contributed by atoms with E-state index in [4.69, 9.17) is 4.52 Å². The van der Waals surface area contributed by atoms with Gasteiger partial charge in [0, 0.05) is 36.0 Å². The minimum Gasteiger partial charge on any atom is -0.355 e. The monoisotopic (exact) mass is 384 g/mol. The molecule has 1 aliphatic heterocycles. The van der Waals surface area contributed by atoms with E-state index in [0.717, 1.165) is 66.7 Å². The smallest absolute Gasteiger partial charge is 0.183 e. The highest BCUT2D eigenvalue weighted by molar-refractivity contribution is 7.09. The molecule has 0 bridgehead atoms. The van der Waals surface area contributed by atoms with E-state index in [2.05, 4.69) is 36.5 Å². The Bertz CT molecular complexity index is 895. The zero-order chi connectivity index (χ0) is 18.8. The van der Waals surface area contributed by atoms with Crippen molar-refractivity contribution in [2.24, 2.45) is 0 Å². The van der Waals surface area contributed by atoms with Crippen LogP contribution in [0, 0.1) is 13.8 Å². The molecule has 4 heterocycles. The fourth-order valence-electron chi connectivity index (χ4n) is 3.73. The van der Waals surface area contributed by atoms with Crippen molar-refractivity contribution < 1.29 is 4.52 Å². The second-order valence-electron chi connectivity index (χ2n) is 7.11. The summed E-state index contributed by atoms with van der Waals surface area (Å²) in [4.78, 5) is 12.1. The second kappa shape index (κ2) is 7.82. The molecule has 0 spiro atoms. The van der Waals surface area contributed by atoms with Gasteiger partial charge in [-0.1, -0.05) is 16.6 Å². The Balaban J connectivity index is 1.45. The van der Waals surface area contributed by atoms with Crippen LogP contribution < -0.4 is 0 Å². The number of rotatable bonds is 5. The van der Waals surface area contributed by atoms with Gasteiger partial charge < -0.3 is 4.52 Å². The summed E-state index contributed by atoms with van der Waals surface area (Å²) in [5.41, 5.74) is 4.37. The van der Waals surface area contributed by atoms with Gasteiger partial charge in [-0.25, -0.2) is 9.97 Å². The Hall–Kier alpha value is -2.19. The minimum absolute atomic E-state index is 0.416. The maximum atomic E-state index is 5.63. The molecule has 1 saturated heterocycles. The van der Waals surface area contributed by atoms with Crippen molar-refractivity contribution in [1.29, 1.82) is 0 Å². The normalized spacial score (nSPS) is 16.1. The Labute approximate surface area is 163 Å². The fourth-order valence-corrected chi connectivity index (χ4v) is 4.48. The van der Waals surface area contributed by atoms with Crippen LogP contribution in [0.4, 0.5) is 0 Å². The van der Waals surface area contributed by atoms with Crippen molar-refractivity contribution in [3.8, 4) is 10.6 Å². The van der Waals surface area contributed by atoms with Gasteiger partial charge in [-0.15, -0.1) is 5.10 Å². The number of hydrogen-bond acceptors (Lipinski definition) is 8. The van der Waals surface area contributed by atoms with Crippen LogP contribution in [0.2, 0.25) is 0 Å².